The van der Waals surface area contributed by atoms with E-state index in [9.17, 15) is 18.0 Å². The quantitative estimate of drug-likeness (QED) is 0.618. The van der Waals surface area contributed by atoms with Crippen molar-refractivity contribution in [3.63, 3.8) is 0 Å². The van der Waals surface area contributed by atoms with E-state index in [1.54, 1.807) is 4.90 Å². The Morgan fingerprint density at radius 2 is 2.15 bits per heavy atom. The maximum absolute atomic E-state index is 12.3. The highest BCUT2D eigenvalue weighted by atomic mass is 19.4. The summed E-state index contributed by atoms with van der Waals surface area (Å²) >= 11 is 0. The molecule has 0 aromatic carbocycles. The maximum atomic E-state index is 12.3. The smallest absolute Gasteiger partial charge is 0.323 e. The lowest BCUT2D eigenvalue weighted by atomic mass is 10.2. The first-order valence-electron chi connectivity index (χ1n) is 5.98. The van der Waals surface area contributed by atoms with Gasteiger partial charge in [0.2, 0.25) is 0 Å². The second-order valence-corrected chi connectivity index (χ2v) is 4.36. The lowest BCUT2D eigenvalue weighted by molar-refractivity contribution is -0.137. The van der Waals surface area contributed by atoms with E-state index in [0.717, 1.165) is 23.7 Å². The fraction of sp³-hybridized carbons (Fsp3) is 0.417. The topological polar surface area (TPSA) is 48.8 Å². The van der Waals surface area contributed by atoms with Crippen LogP contribution in [-0.4, -0.2) is 47.3 Å². The highest BCUT2D eigenvalue weighted by Crippen LogP contribution is 2.28. The third-order valence-electron chi connectivity index (χ3n) is 2.88. The zero-order valence-corrected chi connectivity index (χ0v) is 10.8. The van der Waals surface area contributed by atoms with Gasteiger partial charge in [-0.15, -0.1) is 0 Å². The van der Waals surface area contributed by atoms with E-state index in [1.807, 2.05) is 0 Å². The summed E-state index contributed by atoms with van der Waals surface area (Å²) in [4.78, 5) is 17.0. The van der Waals surface area contributed by atoms with Gasteiger partial charge in [-0.05, 0) is 18.6 Å². The van der Waals surface area contributed by atoms with Crippen LogP contribution < -0.4 is 0 Å². The lowest BCUT2D eigenvalue weighted by Gasteiger charge is -2.32. The summed E-state index contributed by atoms with van der Waals surface area (Å²) in [7, 11) is 1.49. The number of carbonyl (C=O) groups excluding carboxylic acids is 1. The van der Waals surface area contributed by atoms with Crippen LogP contribution in [0.1, 0.15) is 17.7 Å². The first-order valence-corrected chi connectivity index (χ1v) is 5.98. The normalized spacial score (nSPS) is 15.3. The summed E-state index contributed by atoms with van der Waals surface area (Å²) in [6.45, 7) is 1.41. The lowest BCUT2D eigenvalue weighted by Crippen LogP contribution is -2.46. The Hall–Kier alpha value is -2.12. The fourth-order valence-electron chi connectivity index (χ4n) is 1.56. The van der Waals surface area contributed by atoms with Crippen LogP contribution in [0.5, 0.6) is 0 Å². The third kappa shape index (κ3) is 3.25. The average Bonchev–Trinajstić information content (AvgIpc) is 2.33. The van der Waals surface area contributed by atoms with Gasteiger partial charge in [0, 0.05) is 26.3 Å². The van der Waals surface area contributed by atoms with Crippen molar-refractivity contribution in [2.45, 2.75) is 12.6 Å². The summed E-state index contributed by atoms with van der Waals surface area (Å²) in [6.07, 6.45) is -1.45. The number of alkyl halides is 3. The number of rotatable bonds is 2. The molecule has 0 radical (unpaired) electrons. The molecule has 1 fully saturated rings. The van der Waals surface area contributed by atoms with Crippen LogP contribution in [0.2, 0.25) is 0 Å². The van der Waals surface area contributed by atoms with Gasteiger partial charge in [-0.2, -0.15) is 18.3 Å². The molecular weight excluding hydrogens is 273 g/mol. The van der Waals surface area contributed by atoms with Crippen molar-refractivity contribution in [2.75, 3.05) is 20.1 Å². The van der Waals surface area contributed by atoms with Gasteiger partial charge in [0.15, 0.2) is 0 Å². The number of hydrogen-bond donors (Lipinski definition) is 0. The van der Waals surface area contributed by atoms with E-state index in [0.29, 0.717) is 13.1 Å². The number of aromatic nitrogens is 1. The van der Waals surface area contributed by atoms with Crippen LogP contribution in [0.15, 0.2) is 23.4 Å². The molecule has 1 aliphatic heterocycles. The molecule has 1 saturated heterocycles. The molecule has 2 rings (SSSR count). The summed E-state index contributed by atoms with van der Waals surface area (Å²) in [5, 5.41) is 5.00. The zero-order chi connectivity index (χ0) is 14.8. The summed E-state index contributed by atoms with van der Waals surface area (Å²) in [6, 6.07) is 1.89. The van der Waals surface area contributed by atoms with Gasteiger partial charge in [0.05, 0.1) is 17.5 Å². The average molecular weight is 286 g/mol. The summed E-state index contributed by atoms with van der Waals surface area (Å²) in [5.41, 5.74) is -0.569. The van der Waals surface area contributed by atoms with Crippen LogP contribution in [0, 0.1) is 0 Å². The fourth-order valence-corrected chi connectivity index (χ4v) is 1.56. The number of hydrazone groups is 1. The van der Waals surface area contributed by atoms with Crippen molar-refractivity contribution in [1.29, 1.82) is 0 Å². The van der Waals surface area contributed by atoms with E-state index in [-0.39, 0.29) is 11.7 Å². The van der Waals surface area contributed by atoms with E-state index in [2.05, 4.69) is 10.1 Å². The zero-order valence-electron chi connectivity index (χ0n) is 10.8. The molecule has 2 heterocycles. The molecule has 5 nitrogen and oxygen atoms in total. The second-order valence-electron chi connectivity index (χ2n) is 4.36. The Balaban J connectivity index is 1.98. The molecule has 0 N–H and O–H groups in total. The minimum absolute atomic E-state index is 0.237. The predicted molar refractivity (Wildman–Crippen MR) is 66.2 cm³/mol. The number of hydrogen-bond acceptors (Lipinski definition) is 3. The van der Waals surface area contributed by atoms with Gasteiger partial charge >= 0.3 is 12.2 Å². The van der Waals surface area contributed by atoms with Gasteiger partial charge in [0.25, 0.3) is 0 Å². The van der Waals surface area contributed by atoms with Crippen LogP contribution in [-0.2, 0) is 6.18 Å². The molecule has 108 valence electrons. The van der Waals surface area contributed by atoms with Gasteiger partial charge in [-0.25, -0.2) is 9.80 Å². The maximum Gasteiger partial charge on any atom is 0.417 e. The first-order chi connectivity index (χ1) is 9.38. The number of halogens is 3. The molecule has 20 heavy (non-hydrogen) atoms. The van der Waals surface area contributed by atoms with Crippen molar-refractivity contribution in [2.24, 2.45) is 5.10 Å². The van der Waals surface area contributed by atoms with Crippen LogP contribution in [0.25, 0.3) is 0 Å². The number of pyridine rings is 1. The van der Waals surface area contributed by atoms with Crippen molar-refractivity contribution >= 4 is 12.2 Å². The van der Waals surface area contributed by atoms with E-state index in [1.165, 1.54) is 19.3 Å². The minimum atomic E-state index is -4.41. The summed E-state index contributed by atoms with van der Waals surface area (Å²) in [5.74, 6) is 0. The Morgan fingerprint density at radius 3 is 2.60 bits per heavy atom. The van der Waals surface area contributed by atoms with Crippen LogP contribution >= 0.6 is 0 Å². The SMILES string of the molecule is CN(/N=C/c1ccc(C(F)(F)F)cn1)C(=O)N1CCC1. The molecule has 0 spiro atoms. The van der Waals surface area contributed by atoms with Gasteiger partial charge in [0.1, 0.15) is 0 Å². The minimum Gasteiger partial charge on any atom is -0.323 e. The number of amides is 2. The Bertz CT molecular complexity index is 508. The molecular formula is C12H13F3N4O. The monoisotopic (exact) mass is 286 g/mol. The molecule has 1 aliphatic rings. The molecule has 0 atom stereocenters. The van der Waals surface area contributed by atoms with E-state index < -0.39 is 11.7 Å². The van der Waals surface area contributed by atoms with Crippen LogP contribution in [0.3, 0.4) is 0 Å². The molecule has 0 unspecified atom stereocenters. The largest absolute Gasteiger partial charge is 0.417 e. The standard InChI is InChI=1S/C12H13F3N4O/c1-18(11(20)19-5-2-6-19)17-8-10-4-3-9(7-16-10)12(13,14)15/h3-4,7-8H,2,5-6H2,1H3/b17-8+. The highest BCUT2D eigenvalue weighted by Gasteiger charge is 2.30. The van der Waals surface area contributed by atoms with Gasteiger partial charge < -0.3 is 4.90 Å². The van der Waals surface area contributed by atoms with E-state index in [4.69, 9.17) is 0 Å². The van der Waals surface area contributed by atoms with Crippen molar-refractivity contribution in [3.05, 3.63) is 29.6 Å². The molecule has 2 amide bonds. The Kier molecular flexibility index (Phi) is 3.91. The molecule has 0 aliphatic carbocycles. The van der Waals surface area contributed by atoms with Crippen LogP contribution in [0.4, 0.5) is 18.0 Å². The number of carbonyl (C=O) groups is 1. The van der Waals surface area contributed by atoms with Crippen molar-refractivity contribution in [1.82, 2.24) is 14.9 Å². The predicted octanol–water partition coefficient (Wildman–Crippen LogP) is 2.19. The molecule has 1 aromatic rings. The number of urea groups is 1. The molecule has 8 heteroatoms. The second kappa shape index (κ2) is 5.48. The van der Waals surface area contributed by atoms with Crippen molar-refractivity contribution < 1.29 is 18.0 Å². The first kappa shape index (κ1) is 14.3. The number of likely N-dealkylation sites (tertiary alicyclic amines) is 1. The summed E-state index contributed by atoms with van der Waals surface area (Å²) < 4.78 is 37.0. The number of nitrogens with zero attached hydrogens (tertiary/aromatic N) is 4. The Morgan fingerprint density at radius 1 is 1.45 bits per heavy atom. The molecule has 0 bridgehead atoms. The highest BCUT2D eigenvalue weighted by molar-refractivity contribution is 5.80. The van der Waals surface area contributed by atoms with Gasteiger partial charge in [-0.1, -0.05) is 0 Å². The Labute approximate surface area is 113 Å². The van der Waals surface area contributed by atoms with Crippen molar-refractivity contribution in [3.8, 4) is 0 Å². The van der Waals surface area contributed by atoms with Gasteiger partial charge in [-0.3, -0.25) is 4.98 Å². The molecule has 1 aromatic heterocycles. The van der Waals surface area contributed by atoms with E-state index >= 15 is 0 Å². The molecule has 0 saturated carbocycles. The third-order valence-corrected chi connectivity index (χ3v) is 2.88.